The maximum atomic E-state index is 10.1. The number of nitrogens with two attached hydrogens (primary N) is 1. The predicted molar refractivity (Wildman–Crippen MR) is 104 cm³/mol. The molecule has 0 spiro atoms. The van der Waals surface area contributed by atoms with Crippen LogP contribution < -0.4 is 16.4 Å². The number of nitrogens with one attached hydrogen (secondary N) is 2. The number of hydrogen-bond donors (Lipinski definition) is 4. The van der Waals surface area contributed by atoms with E-state index < -0.39 is 0 Å². The van der Waals surface area contributed by atoms with Crippen molar-refractivity contribution in [1.29, 1.82) is 0 Å². The van der Waals surface area contributed by atoms with Gasteiger partial charge in [-0.2, -0.15) is 9.97 Å². The molecule has 0 radical (unpaired) electrons. The van der Waals surface area contributed by atoms with E-state index in [0.29, 0.717) is 41.0 Å². The standard InChI is InChI=1S/C17H22ClN7O/c1-3-25-9-22-13-15(20-8-11-5-4-6-12(18)14(11)26)23-17(24-16(13)25)21-7-10(2)19/h4-6,9-10,26H,3,7-8,19H2,1-2H3,(H2,20,21,23,24). The number of aromatic hydroxyl groups is 1. The molecule has 8 nitrogen and oxygen atoms in total. The first-order valence-electron chi connectivity index (χ1n) is 8.42. The summed E-state index contributed by atoms with van der Waals surface area (Å²) in [6.07, 6.45) is 1.73. The molecule has 2 heterocycles. The number of imidazole rings is 1. The van der Waals surface area contributed by atoms with E-state index in [1.807, 2.05) is 18.4 Å². The molecular formula is C17H22ClN7O. The second kappa shape index (κ2) is 7.76. The number of nitrogens with zero attached hydrogens (tertiary/aromatic N) is 4. The highest BCUT2D eigenvalue weighted by molar-refractivity contribution is 6.32. The number of halogens is 1. The van der Waals surface area contributed by atoms with Gasteiger partial charge in [0.15, 0.2) is 17.0 Å². The van der Waals surface area contributed by atoms with Crippen LogP contribution in [0.1, 0.15) is 19.4 Å². The quantitative estimate of drug-likeness (QED) is 0.501. The van der Waals surface area contributed by atoms with Crippen molar-refractivity contribution in [1.82, 2.24) is 19.5 Å². The number of benzene rings is 1. The van der Waals surface area contributed by atoms with Gasteiger partial charge in [-0.25, -0.2) is 4.98 Å². The van der Waals surface area contributed by atoms with Gasteiger partial charge < -0.3 is 26.0 Å². The highest BCUT2D eigenvalue weighted by Gasteiger charge is 2.14. The number of hydrogen-bond acceptors (Lipinski definition) is 7. The molecule has 0 saturated carbocycles. The zero-order chi connectivity index (χ0) is 18.7. The molecule has 5 N–H and O–H groups in total. The van der Waals surface area contributed by atoms with Gasteiger partial charge >= 0.3 is 0 Å². The molecule has 0 aliphatic carbocycles. The topological polar surface area (TPSA) is 114 Å². The molecular weight excluding hydrogens is 354 g/mol. The normalized spacial score (nSPS) is 12.3. The van der Waals surface area contributed by atoms with Crippen LogP contribution in [0, 0.1) is 0 Å². The van der Waals surface area contributed by atoms with Crippen LogP contribution in [0.5, 0.6) is 5.75 Å². The Balaban J connectivity index is 1.92. The first kappa shape index (κ1) is 18.2. The molecule has 0 saturated heterocycles. The smallest absolute Gasteiger partial charge is 0.226 e. The van der Waals surface area contributed by atoms with E-state index in [0.717, 1.165) is 12.2 Å². The molecule has 0 fully saturated rings. The number of phenolic OH excluding ortho intramolecular Hbond substituents is 1. The molecule has 9 heteroatoms. The van der Waals surface area contributed by atoms with Gasteiger partial charge in [0.25, 0.3) is 0 Å². The van der Waals surface area contributed by atoms with Gasteiger partial charge in [-0.1, -0.05) is 23.7 Å². The SMILES string of the molecule is CCn1cnc2c(NCc3cccc(Cl)c3O)nc(NCC(C)N)nc21. The van der Waals surface area contributed by atoms with Crippen molar-refractivity contribution >= 4 is 34.5 Å². The molecule has 0 amide bonds. The van der Waals surface area contributed by atoms with Gasteiger partial charge in [0.05, 0.1) is 11.3 Å². The van der Waals surface area contributed by atoms with Crippen LogP contribution in [0.15, 0.2) is 24.5 Å². The summed E-state index contributed by atoms with van der Waals surface area (Å²) in [6.45, 7) is 5.58. The van der Waals surface area contributed by atoms with Crippen molar-refractivity contribution in [3.63, 3.8) is 0 Å². The summed E-state index contributed by atoms with van der Waals surface area (Å²) in [5, 5.41) is 16.8. The number of fused-ring (bicyclic) bond motifs is 1. The summed E-state index contributed by atoms with van der Waals surface area (Å²) in [5.74, 6) is 1.11. The minimum absolute atomic E-state index is 0.0230. The molecule has 1 unspecified atom stereocenters. The zero-order valence-electron chi connectivity index (χ0n) is 14.7. The lowest BCUT2D eigenvalue weighted by molar-refractivity contribution is 0.469. The van der Waals surface area contributed by atoms with E-state index in [1.165, 1.54) is 0 Å². The number of para-hydroxylation sites is 1. The maximum absolute atomic E-state index is 10.1. The summed E-state index contributed by atoms with van der Waals surface area (Å²) in [5.41, 5.74) is 7.87. The molecule has 26 heavy (non-hydrogen) atoms. The lowest BCUT2D eigenvalue weighted by atomic mass is 10.2. The van der Waals surface area contributed by atoms with Gasteiger partial charge in [-0.05, 0) is 19.9 Å². The number of anilines is 2. The van der Waals surface area contributed by atoms with E-state index >= 15 is 0 Å². The van der Waals surface area contributed by atoms with E-state index in [-0.39, 0.29) is 11.8 Å². The second-order valence-electron chi connectivity index (χ2n) is 6.06. The Labute approximate surface area is 156 Å². The minimum Gasteiger partial charge on any atom is -0.506 e. The molecule has 3 aromatic rings. The maximum Gasteiger partial charge on any atom is 0.226 e. The second-order valence-corrected chi connectivity index (χ2v) is 6.47. The Morgan fingerprint density at radius 2 is 2.12 bits per heavy atom. The lowest BCUT2D eigenvalue weighted by Crippen LogP contribution is -2.26. The van der Waals surface area contributed by atoms with Crippen molar-refractivity contribution in [3.05, 3.63) is 35.1 Å². The number of aryl methyl sites for hydroxylation is 1. The van der Waals surface area contributed by atoms with Crippen molar-refractivity contribution in [2.75, 3.05) is 17.2 Å². The Morgan fingerprint density at radius 3 is 2.85 bits per heavy atom. The number of aromatic nitrogens is 4. The highest BCUT2D eigenvalue weighted by Crippen LogP contribution is 2.28. The first-order valence-corrected chi connectivity index (χ1v) is 8.80. The largest absolute Gasteiger partial charge is 0.506 e. The summed E-state index contributed by atoms with van der Waals surface area (Å²) in [6, 6.07) is 5.20. The third-order valence-electron chi connectivity index (χ3n) is 3.90. The van der Waals surface area contributed by atoms with Crippen molar-refractivity contribution < 1.29 is 5.11 Å². The van der Waals surface area contributed by atoms with Crippen LogP contribution in [0.4, 0.5) is 11.8 Å². The van der Waals surface area contributed by atoms with Crippen LogP contribution in [-0.2, 0) is 13.1 Å². The van der Waals surface area contributed by atoms with Crippen LogP contribution in [0.3, 0.4) is 0 Å². The summed E-state index contributed by atoms with van der Waals surface area (Å²) in [7, 11) is 0. The molecule has 0 bridgehead atoms. The van der Waals surface area contributed by atoms with Gasteiger partial charge in [0, 0.05) is 31.2 Å². The third-order valence-corrected chi connectivity index (χ3v) is 4.21. The first-order chi connectivity index (χ1) is 12.5. The minimum atomic E-state index is -0.0230. The summed E-state index contributed by atoms with van der Waals surface area (Å²) in [4.78, 5) is 13.5. The van der Waals surface area contributed by atoms with Crippen molar-refractivity contribution in [2.24, 2.45) is 5.73 Å². The van der Waals surface area contributed by atoms with Gasteiger partial charge in [-0.3, -0.25) is 0 Å². The van der Waals surface area contributed by atoms with Gasteiger partial charge in [-0.15, -0.1) is 0 Å². The van der Waals surface area contributed by atoms with Gasteiger partial charge in [0.1, 0.15) is 5.75 Å². The van der Waals surface area contributed by atoms with E-state index in [1.54, 1.807) is 24.5 Å². The lowest BCUT2D eigenvalue weighted by Gasteiger charge is -2.12. The Kier molecular flexibility index (Phi) is 5.43. The number of phenols is 1. The van der Waals surface area contributed by atoms with Gasteiger partial charge in [0.2, 0.25) is 5.95 Å². The van der Waals surface area contributed by atoms with Crippen molar-refractivity contribution in [3.8, 4) is 5.75 Å². The molecule has 1 atom stereocenters. The van der Waals surface area contributed by atoms with Crippen LogP contribution in [0.2, 0.25) is 5.02 Å². The molecule has 3 rings (SSSR count). The number of rotatable bonds is 7. The molecule has 0 aliphatic heterocycles. The average Bonchev–Trinajstić information content (AvgIpc) is 3.04. The Morgan fingerprint density at radius 1 is 1.31 bits per heavy atom. The Hall–Kier alpha value is -2.58. The highest BCUT2D eigenvalue weighted by atomic mass is 35.5. The summed E-state index contributed by atoms with van der Waals surface area (Å²) >= 11 is 5.97. The van der Waals surface area contributed by atoms with Crippen LogP contribution in [0.25, 0.3) is 11.2 Å². The van der Waals surface area contributed by atoms with Crippen molar-refractivity contribution in [2.45, 2.75) is 33.0 Å². The average molecular weight is 376 g/mol. The Bertz CT molecular complexity index is 910. The molecule has 2 aromatic heterocycles. The summed E-state index contributed by atoms with van der Waals surface area (Å²) < 4.78 is 1.94. The molecule has 138 valence electrons. The zero-order valence-corrected chi connectivity index (χ0v) is 15.5. The van der Waals surface area contributed by atoms with E-state index in [2.05, 4.69) is 25.6 Å². The fraction of sp³-hybridized carbons (Fsp3) is 0.353. The fourth-order valence-corrected chi connectivity index (χ4v) is 2.71. The third kappa shape index (κ3) is 3.81. The van der Waals surface area contributed by atoms with Crippen LogP contribution >= 0.6 is 11.6 Å². The molecule has 1 aromatic carbocycles. The molecule has 0 aliphatic rings. The fourth-order valence-electron chi connectivity index (χ4n) is 2.51. The van der Waals surface area contributed by atoms with E-state index in [9.17, 15) is 5.11 Å². The van der Waals surface area contributed by atoms with E-state index in [4.69, 9.17) is 17.3 Å². The van der Waals surface area contributed by atoms with Crippen LogP contribution in [-0.4, -0.2) is 37.2 Å². The monoisotopic (exact) mass is 375 g/mol. The predicted octanol–water partition coefficient (Wildman–Crippen LogP) is 2.58.